The number of rotatable bonds is 2. The molecule has 2 rings (SSSR count). The summed E-state index contributed by atoms with van der Waals surface area (Å²) < 4.78 is 5.82. The van der Waals surface area contributed by atoms with Crippen molar-refractivity contribution < 1.29 is 4.74 Å². The van der Waals surface area contributed by atoms with E-state index in [-0.39, 0.29) is 11.6 Å². The standard InChI is InChI=1S/C14H21NO/c1-10-5-6-12(11(2)9-10)13(15)14(3)7-4-8-16-14/h5-6,9,13H,4,7-8,15H2,1-3H3. The minimum Gasteiger partial charge on any atom is -0.373 e. The van der Waals surface area contributed by atoms with E-state index in [2.05, 4.69) is 39.0 Å². The van der Waals surface area contributed by atoms with E-state index in [1.54, 1.807) is 0 Å². The van der Waals surface area contributed by atoms with E-state index in [9.17, 15) is 0 Å². The molecule has 2 heteroatoms. The van der Waals surface area contributed by atoms with Crippen LogP contribution in [-0.4, -0.2) is 12.2 Å². The van der Waals surface area contributed by atoms with Crippen molar-refractivity contribution in [1.29, 1.82) is 0 Å². The highest BCUT2D eigenvalue weighted by Crippen LogP contribution is 2.36. The summed E-state index contributed by atoms with van der Waals surface area (Å²) >= 11 is 0. The molecule has 1 fully saturated rings. The van der Waals surface area contributed by atoms with Gasteiger partial charge in [-0.15, -0.1) is 0 Å². The molecule has 2 atom stereocenters. The topological polar surface area (TPSA) is 35.2 Å². The lowest BCUT2D eigenvalue weighted by molar-refractivity contribution is -0.00189. The second-order valence-electron chi connectivity index (χ2n) is 5.10. The van der Waals surface area contributed by atoms with Crippen molar-refractivity contribution in [3.8, 4) is 0 Å². The first-order valence-electron chi connectivity index (χ1n) is 6.00. The average Bonchev–Trinajstić information content (AvgIpc) is 2.66. The number of ether oxygens (including phenoxy) is 1. The fourth-order valence-corrected chi connectivity index (χ4v) is 2.55. The van der Waals surface area contributed by atoms with Crippen LogP contribution in [0, 0.1) is 13.8 Å². The highest BCUT2D eigenvalue weighted by molar-refractivity contribution is 5.34. The van der Waals surface area contributed by atoms with Crippen molar-refractivity contribution in [1.82, 2.24) is 0 Å². The summed E-state index contributed by atoms with van der Waals surface area (Å²) in [5.74, 6) is 0. The molecule has 2 nitrogen and oxygen atoms in total. The van der Waals surface area contributed by atoms with Gasteiger partial charge < -0.3 is 10.5 Å². The lowest BCUT2D eigenvalue weighted by atomic mass is 9.86. The monoisotopic (exact) mass is 219 g/mol. The van der Waals surface area contributed by atoms with Gasteiger partial charge in [-0.3, -0.25) is 0 Å². The van der Waals surface area contributed by atoms with Crippen molar-refractivity contribution in [3.05, 3.63) is 34.9 Å². The van der Waals surface area contributed by atoms with Crippen LogP contribution < -0.4 is 5.73 Å². The van der Waals surface area contributed by atoms with E-state index in [0.717, 1.165) is 19.4 Å². The van der Waals surface area contributed by atoms with E-state index in [4.69, 9.17) is 10.5 Å². The fourth-order valence-electron chi connectivity index (χ4n) is 2.55. The van der Waals surface area contributed by atoms with Crippen molar-refractivity contribution in [2.75, 3.05) is 6.61 Å². The Balaban J connectivity index is 2.29. The molecular formula is C14H21NO. The fraction of sp³-hybridized carbons (Fsp3) is 0.571. The number of hydrogen-bond acceptors (Lipinski definition) is 2. The second-order valence-corrected chi connectivity index (χ2v) is 5.10. The van der Waals surface area contributed by atoms with Gasteiger partial charge in [-0.2, -0.15) is 0 Å². The minimum absolute atomic E-state index is 0.0180. The van der Waals surface area contributed by atoms with E-state index in [1.165, 1.54) is 16.7 Å². The first kappa shape index (κ1) is 11.6. The van der Waals surface area contributed by atoms with Gasteiger partial charge in [0, 0.05) is 6.61 Å². The van der Waals surface area contributed by atoms with Crippen LogP contribution in [0.15, 0.2) is 18.2 Å². The molecule has 0 bridgehead atoms. The molecule has 1 aliphatic rings. The maximum atomic E-state index is 6.36. The summed E-state index contributed by atoms with van der Waals surface area (Å²) in [6.07, 6.45) is 2.18. The van der Waals surface area contributed by atoms with Crippen molar-refractivity contribution in [3.63, 3.8) is 0 Å². The molecule has 1 aromatic rings. The van der Waals surface area contributed by atoms with Gasteiger partial charge >= 0.3 is 0 Å². The third-order valence-electron chi connectivity index (χ3n) is 3.67. The Morgan fingerprint density at radius 2 is 2.12 bits per heavy atom. The molecule has 0 aromatic heterocycles. The van der Waals surface area contributed by atoms with Gasteiger partial charge in [-0.05, 0) is 44.7 Å². The Morgan fingerprint density at radius 1 is 1.38 bits per heavy atom. The third-order valence-corrected chi connectivity index (χ3v) is 3.67. The lowest BCUT2D eigenvalue weighted by Crippen LogP contribution is -2.38. The Bertz CT molecular complexity index is 380. The Hall–Kier alpha value is -0.860. The normalized spacial score (nSPS) is 27.0. The minimum atomic E-state index is -0.181. The van der Waals surface area contributed by atoms with Crippen LogP contribution >= 0.6 is 0 Å². The van der Waals surface area contributed by atoms with Crippen molar-refractivity contribution in [2.24, 2.45) is 5.73 Å². The Labute approximate surface area is 97.8 Å². The molecule has 0 spiro atoms. The SMILES string of the molecule is Cc1ccc(C(N)C2(C)CCCO2)c(C)c1. The zero-order chi connectivity index (χ0) is 11.8. The van der Waals surface area contributed by atoms with E-state index in [1.807, 2.05) is 0 Å². The van der Waals surface area contributed by atoms with Crippen LogP contribution in [0.1, 0.15) is 42.5 Å². The molecule has 0 radical (unpaired) electrons. The highest BCUT2D eigenvalue weighted by Gasteiger charge is 2.37. The summed E-state index contributed by atoms with van der Waals surface area (Å²) in [6.45, 7) is 7.20. The molecule has 88 valence electrons. The number of hydrogen-bond donors (Lipinski definition) is 1. The average molecular weight is 219 g/mol. The van der Waals surface area contributed by atoms with Crippen LogP contribution in [0.4, 0.5) is 0 Å². The van der Waals surface area contributed by atoms with Gasteiger partial charge in [-0.1, -0.05) is 23.8 Å². The highest BCUT2D eigenvalue weighted by atomic mass is 16.5. The molecule has 0 saturated carbocycles. The van der Waals surface area contributed by atoms with E-state index < -0.39 is 0 Å². The maximum Gasteiger partial charge on any atom is 0.0847 e. The predicted molar refractivity (Wildman–Crippen MR) is 66.4 cm³/mol. The van der Waals surface area contributed by atoms with Crippen molar-refractivity contribution >= 4 is 0 Å². The van der Waals surface area contributed by atoms with Gasteiger partial charge in [-0.25, -0.2) is 0 Å². The largest absolute Gasteiger partial charge is 0.373 e. The Kier molecular flexibility index (Phi) is 3.04. The van der Waals surface area contributed by atoms with Gasteiger partial charge in [0.15, 0.2) is 0 Å². The zero-order valence-corrected chi connectivity index (χ0v) is 10.4. The lowest BCUT2D eigenvalue weighted by Gasteiger charge is -2.31. The summed E-state index contributed by atoms with van der Waals surface area (Å²) in [5.41, 5.74) is 9.95. The number of benzene rings is 1. The smallest absolute Gasteiger partial charge is 0.0847 e. The quantitative estimate of drug-likeness (QED) is 0.830. The van der Waals surface area contributed by atoms with Gasteiger partial charge in [0.25, 0.3) is 0 Å². The molecule has 0 amide bonds. The van der Waals surface area contributed by atoms with Crippen molar-refractivity contribution in [2.45, 2.75) is 45.3 Å². The Morgan fingerprint density at radius 3 is 2.69 bits per heavy atom. The summed E-state index contributed by atoms with van der Waals surface area (Å²) in [6, 6.07) is 6.44. The molecule has 2 unspecified atom stereocenters. The first-order chi connectivity index (χ1) is 7.53. The molecule has 16 heavy (non-hydrogen) atoms. The third kappa shape index (κ3) is 2.00. The zero-order valence-electron chi connectivity index (χ0n) is 10.4. The molecular weight excluding hydrogens is 198 g/mol. The molecule has 1 heterocycles. The summed E-state index contributed by atoms with van der Waals surface area (Å²) in [5, 5.41) is 0. The van der Waals surface area contributed by atoms with E-state index >= 15 is 0 Å². The summed E-state index contributed by atoms with van der Waals surface area (Å²) in [7, 11) is 0. The second kappa shape index (κ2) is 4.19. The van der Waals surface area contributed by atoms with Gasteiger partial charge in [0.05, 0.1) is 11.6 Å². The molecule has 0 aliphatic carbocycles. The number of nitrogens with two attached hydrogens (primary N) is 1. The van der Waals surface area contributed by atoms with Crippen LogP contribution in [0.3, 0.4) is 0 Å². The predicted octanol–water partition coefficient (Wildman–Crippen LogP) is 2.87. The summed E-state index contributed by atoms with van der Waals surface area (Å²) in [4.78, 5) is 0. The molecule has 1 aromatic carbocycles. The number of aryl methyl sites for hydroxylation is 2. The van der Waals surface area contributed by atoms with Crippen LogP contribution in [0.25, 0.3) is 0 Å². The van der Waals surface area contributed by atoms with Gasteiger partial charge in [0.1, 0.15) is 0 Å². The van der Waals surface area contributed by atoms with Crippen LogP contribution in [0.2, 0.25) is 0 Å². The van der Waals surface area contributed by atoms with Crippen LogP contribution in [-0.2, 0) is 4.74 Å². The molecule has 2 N–H and O–H groups in total. The molecule has 1 aliphatic heterocycles. The molecule has 1 saturated heterocycles. The van der Waals surface area contributed by atoms with Gasteiger partial charge in [0.2, 0.25) is 0 Å². The van der Waals surface area contributed by atoms with E-state index in [0.29, 0.717) is 0 Å². The van der Waals surface area contributed by atoms with Crippen LogP contribution in [0.5, 0.6) is 0 Å². The first-order valence-corrected chi connectivity index (χ1v) is 6.00. The maximum absolute atomic E-state index is 6.36.